The molecule has 1 aliphatic carbocycles. The predicted octanol–water partition coefficient (Wildman–Crippen LogP) is -0.601. The molecule has 2 rings (SSSR count). The van der Waals surface area contributed by atoms with Gasteiger partial charge < -0.3 is 16.4 Å². The van der Waals surface area contributed by atoms with E-state index >= 15 is 0 Å². The number of amides is 2. The summed E-state index contributed by atoms with van der Waals surface area (Å²) in [6.45, 7) is 1.61. The second-order valence-electron chi connectivity index (χ2n) is 4.53. The van der Waals surface area contributed by atoms with Gasteiger partial charge in [-0.1, -0.05) is 6.42 Å². The lowest BCUT2D eigenvalue weighted by atomic mass is 9.80. The van der Waals surface area contributed by atoms with Gasteiger partial charge in [-0.3, -0.25) is 9.59 Å². The number of halogens is 1. The Morgan fingerprint density at radius 2 is 2.25 bits per heavy atom. The molecule has 6 heteroatoms. The van der Waals surface area contributed by atoms with Gasteiger partial charge in [0.2, 0.25) is 11.8 Å². The maximum atomic E-state index is 12.0. The summed E-state index contributed by atoms with van der Waals surface area (Å²) in [5.74, 6) is -0.0561. The summed E-state index contributed by atoms with van der Waals surface area (Å²) in [5.41, 5.74) is 4.74. The summed E-state index contributed by atoms with van der Waals surface area (Å²) in [5, 5.41) is 5.89. The van der Waals surface area contributed by atoms with E-state index in [1.165, 1.54) is 0 Å². The number of nitrogens with one attached hydrogen (secondary N) is 2. The van der Waals surface area contributed by atoms with Gasteiger partial charge >= 0.3 is 0 Å². The molecule has 16 heavy (non-hydrogen) atoms. The quantitative estimate of drug-likeness (QED) is 0.623. The van der Waals surface area contributed by atoms with Gasteiger partial charge in [-0.15, -0.1) is 12.4 Å². The van der Waals surface area contributed by atoms with E-state index in [0.717, 1.165) is 32.4 Å². The summed E-state index contributed by atoms with van der Waals surface area (Å²) >= 11 is 0. The summed E-state index contributed by atoms with van der Waals surface area (Å²) in [4.78, 5) is 22.6. The topological polar surface area (TPSA) is 84.2 Å². The molecule has 2 fully saturated rings. The Balaban J connectivity index is 0.00000128. The molecular formula is C10H18ClN3O2. The molecule has 1 saturated heterocycles. The largest absolute Gasteiger partial charge is 0.368 e. The van der Waals surface area contributed by atoms with Crippen molar-refractivity contribution in [2.24, 2.45) is 17.1 Å². The van der Waals surface area contributed by atoms with Crippen LogP contribution in [0.2, 0.25) is 0 Å². The van der Waals surface area contributed by atoms with Crippen molar-refractivity contribution in [2.45, 2.75) is 19.3 Å². The molecule has 0 unspecified atom stereocenters. The number of carbonyl (C=O) groups is 2. The highest BCUT2D eigenvalue weighted by molar-refractivity contribution is 5.88. The minimum Gasteiger partial charge on any atom is -0.368 e. The first kappa shape index (κ1) is 13.3. The Labute approximate surface area is 101 Å². The Morgan fingerprint density at radius 1 is 1.50 bits per heavy atom. The third-order valence-corrected chi connectivity index (χ3v) is 3.66. The van der Waals surface area contributed by atoms with Crippen LogP contribution < -0.4 is 16.4 Å². The zero-order chi connectivity index (χ0) is 10.9. The zero-order valence-corrected chi connectivity index (χ0v) is 9.94. The monoisotopic (exact) mass is 247 g/mol. The standard InChI is InChI=1S/C10H17N3O2.ClH/c11-8(14)5-13-9(15)10-3-1-2-7(10)4-12-6-10;/h7,12H,1-6H2,(H2,11,14)(H,13,15);1H/t7-,10-;/m1./s1. The average Bonchev–Trinajstić information content (AvgIpc) is 2.72. The molecule has 0 spiro atoms. The molecule has 0 radical (unpaired) electrons. The first-order valence-electron chi connectivity index (χ1n) is 5.42. The van der Waals surface area contributed by atoms with E-state index in [0.29, 0.717) is 5.92 Å². The van der Waals surface area contributed by atoms with Crippen LogP contribution in [0.1, 0.15) is 19.3 Å². The lowest BCUT2D eigenvalue weighted by molar-refractivity contribution is -0.133. The van der Waals surface area contributed by atoms with E-state index in [4.69, 9.17) is 5.73 Å². The van der Waals surface area contributed by atoms with E-state index in [2.05, 4.69) is 10.6 Å². The van der Waals surface area contributed by atoms with Gasteiger partial charge in [0.1, 0.15) is 0 Å². The number of hydrogen-bond donors (Lipinski definition) is 3. The highest BCUT2D eigenvalue weighted by Gasteiger charge is 2.51. The maximum Gasteiger partial charge on any atom is 0.236 e. The first-order valence-corrected chi connectivity index (χ1v) is 5.42. The van der Waals surface area contributed by atoms with Crippen LogP contribution in [-0.2, 0) is 9.59 Å². The fourth-order valence-electron chi connectivity index (χ4n) is 2.87. The van der Waals surface area contributed by atoms with Crippen LogP contribution >= 0.6 is 12.4 Å². The van der Waals surface area contributed by atoms with Gasteiger partial charge in [0.05, 0.1) is 12.0 Å². The number of nitrogens with two attached hydrogens (primary N) is 1. The first-order chi connectivity index (χ1) is 7.15. The second-order valence-corrected chi connectivity index (χ2v) is 4.53. The number of hydrogen-bond acceptors (Lipinski definition) is 3. The average molecular weight is 248 g/mol. The number of primary amides is 1. The molecule has 92 valence electrons. The van der Waals surface area contributed by atoms with Crippen molar-refractivity contribution < 1.29 is 9.59 Å². The third-order valence-electron chi connectivity index (χ3n) is 3.66. The fraction of sp³-hybridized carbons (Fsp3) is 0.800. The molecule has 0 aromatic carbocycles. The van der Waals surface area contributed by atoms with Crippen molar-refractivity contribution in [3.63, 3.8) is 0 Å². The summed E-state index contributed by atoms with van der Waals surface area (Å²) in [6.07, 6.45) is 3.14. The smallest absolute Gasteiger partial charge is 0.236 e. The second kappa shape index (κ2) is 5.01. The van der Waals surface area contributed by atoms with Crippen molar-refractivity contribution in [2.75, 3.05) is 19.6 Å². The van der Waals surface area contributed by atoms with Crippen LogP contribution in [-0.4, -0.2) is 31.4 Å². The van der Waals surface area contributed by atoms with Gasteiger partial charge in [-0.2, -0.15) is 0 Å². The van der Waals surface area contributed by atoms with E-state index in [1.54, 1.807) is 0 Å². The molecule has 1 saturated carbocycles. The third kappa shape index (κ3) is 2.15. The lowest BCUT2D eigenvalue weighted by Gasteiger charge is -2.26. The molecule has 1 heterocycles. The Hall–Kier alpha value is -0.810. The molecule has 4 N–H and O–H groups in total. The van der Waals surface area contributed by atoms with Crippen LogP contribution in [0.4, 0.5) is 0 Å². The molecule has 2 atom stereocenters. The SMILES string of the molecule is Cl.NC(=O)CNC(=O)[C@@]12CCC[C@@H]1CNC2. The molecule has 0 aromatic rings. The Morgan fingerprint density at radius 3 is 2.94 bits per heavy atom. The van der Waals surface area contributed by atoms with E-state index in [9.17, 15) is 9.59 Å². The van der Waals surface area contributed by atoms with Gasteiger partial charge in [0, 0.05) is 6.54 Å². The molecule has 0 aromatic heterocycles. The Kier molecular flexibility index (Phi) is 4.15. The van der Waals surface area contributed by atoms with Crippen LogP contribution in [0, 0.1) is 11.3 Å². The van der Waals surface area contributed by atoms with E-state index in [1.807, 2.05) is 0 Å². The van der Waals surface area contributed by atoms with Crippen molar-refractivity contribution in [3.8, 4) is 0 Å². The van der Waals surface area contributed by atoms with Gasteiger partial charge in [-0.05, 0) is 25.3 Å². The van der Waals surface area contributed by atoms with E-state index < -0.39 is 5.91 Å². The molecular weight excluding hydrogens is 230 g/mol. The number of fused-ring (bicyclic) bond motifs is 1. The lowest BCUT2D eigenvalue weighted by Crippen LogP contribution is -2.46. The molecule has 2 amide bonds. The van der Waals surface area contributed by atoms with Gasteiger partial charge in [0.25, 0.3) is 0 Å². The number of carbonyl (C=O) groups excluding carboxylic acids is 2. The Bertz CT molecular complexity index is 286. The van der Waals surface area contributed by atoms with Gasteiger partial charge in [-0.25, -0.2) is 0 Å². The minimum atomic E-state index is -0.486. The molecule has 1 aliphatic heterocycles. The molecule has 2 aliphatic rings. The van der Waals surface area contributed by atoms with Crippen LogP contribution in [0.3, 0.4) is 0 Å². The van der Waals surface area contributed by atoms with Crippen LogP contribution in [0.15, 0.2) is 0 Å². The highest BCUT2D eigenvalue weighted by Crippen LogP contribution is 2.45. The minimum absolute atomic E-state index is 0. The van der Waals surface area contributed by atoms with Crippen molar-refractivity contribution in [1.82, 2.24) is 10.6 Å². The fourth-order valence-corrected chi connectivity index (χ4v) is 2.87. The normalized spacial score (nSPS) is 31.6. The summed E-state index contributed by atoms with van der Waals surface area (Å²) in [6, 6.07) is 0. The maximum absolute atomic E-state index is 12.0. The summed E-state index contributed by atoms with van der Waals surface area (Å²) < 4.78 is 0. The van der Waals surface area contributed by atoms with Crippen molar-refractivity contribution in [1.29, 1.82) is 0 Å². The van der Waals surface area contributed by atoms with E-state index in [-0.39, 0.29) is 30.3 Å². The zero-order valence-electron chi connectivity index (χ0n) is 9.12. The highest BCUT2D eigenvalue weighted by atomic mass is 35.5. The summed E-state index contributed by atoms with van der Waals surface area (Å²) in [7, 11) is 0. The predicted molar refractivity (Wildman–Crippen MR) is 62.1 cm³/mol. The van der Waals surface area contributed by atoms with Crippen molar-refractivity contribution in [3.05, 3.63) is 0 Å². The number of rotatable bonds is 3. The van der Waals surface area contributed by atoms with Gasteiger partial charge in [0.15, 0.2) is 0 Å². The van der Waals surface area contributed by atoms with Crippen LogP contribution in [0.5, 0.6) is 0 Å². The molecule has 0 bridgehead atoms. The van der Waals surface area contributed by atoms with Crippen LogP contribution in [0.25, 0.3) is 0 Å². The van der Waals surface area contributed by atoms with Crippen molar-refractivity contribution >= 4 is 24.2 Å². The molecule has 5 nitrogen and oxygen atoms in total.